The molecule has 0 atom stereocenters. The third kappa shape index (κ3) is 4.54. The van der Waals surface area contributed by atoms with Crippen LogP contribution in [0.1, 0.15) is 0 Å². The fourth-order valence-corrected chi connectivity index (χ4v) is 7.45. The van der Waals surface area contributed by atoms with E-state index in [1.807, 2.05) is 18.3 Å². The van der Waals surface area contributed by atoms with Gasteiger partial charge in [0.1, 0.15) is 5.82 Å². The summed E-state index contributed by atoms with van der Waals surface area (Å²) in [6.45, 7) is 0. The average molecular weight is 639 g/mol. The van der Waals surface area contributed by atoms with Gasteiger partial charge in [0.05, 0.1) is 33.3 Å². The van der Waals surface area contributed by atoms with Crippen molar-refractivity contribution in [2.24, 2.45) is 0 Å². The van der Waals surface area contributed by atoms with E-state index in [2.05, 4.69) is 173 Å². The van der Waals surface area contributed by atoms with Crippen molar-refractivity contribution in [3.8, 4) is 45.0 Å². The molecular weight excluding hydrogens is 609 g/mol. The molecule has 50 heavy (non-hydrogen) atoms. The third-order valence-corrected chi connectivity index (χ3v) is 9.76. The highest BCUT2D eigenvalue weighted by molar-refractivity contribution is 6.11. The Kier molecular flexibility index (Phi) is 6.46. The van der Waals surface area contributed by atoms with Crippen LogP contribution in [0.15, 0.2) is 182 Å². The molecule has 4 aromatic heterocycles. The Labute approximate surface area is 289 Å². The van der Waals surface area contributed by atoms with Gasteiger partial charge in [0.2, 0.25) is 0 Å². The number of rotatable bonds is 5. The van der Waals surface area contributed by atoms with Crippen molar-refractivity contribution in [2.45, 2.75) is 0 Å². The molecule has 10 aromatic rings. The zero-order valence-corrected chi connectivity index (χ0v) is 27.1. The third-order valence-electron chi connectivity index (χ3n) is 9.76. The number of fused-ring (bicyclic) bond motifs is 6. The summed E-state index contributed by atoms with van der Waals surface area (Å²) in [5.41, 5.74) is 13.2. The van der Waals surface area contributed by atoms with E-state index in [4.69, 9.17) is 9.97 Å². The maximum absolute atomic E-state index is 5.34. The first-order chi connectivity index (χ1) is 24.8. The van der Waals surface area contributed by atoms with Crippen LogP contribution in [-0.4, -0.2) is 19.1 Å². The van der Waals surface area contributed by atoms with E-state index < -0.39 is 0 Å². The molecular formula is C46H30N4. The first-order valence-corrected chi connectivity index (χ1v) is 16.9. The number of pyridine rings is 2. The second-order valence-electron chi connectivity index (χ2n) is 12.7. The van der Waals surface area contributed by atoms with Crippen LogP contribution in [-0.2, 0) is 0 Å². The number of para-hydroxylation sites is 2. The molecule has 0 aliphatic rings. The Hall–Kier alpha value is -6.78. The van der Waals surface area contributed by atoms with Crippen molar-refractivity contribution in [3.63, 3.8) is 0 Å². The van der Waals surface area contributed by atoms with E-state index in [9.17, 15) is 0 Å². The molecule has 4 heteroatoms. The maximum Gasteiger partial charge on any atom is 0.138 e. The normalized spacial score (nSPS) is 11.6. The van der Waals surface area contributed by atoms with Crippen molar-refractivity contribution < 1.29 is 0 Å². The fraction of sp³-hybridized carbons (Fsp3) is 0. The Balaban J connectivity index is 1.22. The highest BCUT2D eigenvalue weighted by Crippen LogP contribution is 2.38. The molecule has 0 fully saturated rings. The molecule has 0 spiro atoms. The topological polar surface area (TPSA) is 35.6 Å². The van der Waals surface area contributed by atoms with Gasteiger partial charge in [-0.1, -0.05) is 115 Å². The second kappa shape index (κ2) is 11.4. The summed E-state index contributed by atoms with van der Waals surface area (Å²) in [4.78, 5) is 10.1. The number of nitrogens with zero attached hydrogens (tertiary/aromatic N) is 4. The van der Waals surface area contributed by atoms with E-state index in [0.717, 1.165) is 78.0 Å². The van der Waals surface area contributed by atoms with E-state index >= 15 is 0 Å². The van der Waals surface area contributed by atoms with Gasteiger partial charge < -0.3 is 4.57 Å². The van der Waals surface area contributed by atoms with Crippen molar-refractivity contribution in [1.29, 1.82) is 0 Å². The summed E-state index contributed by atoms with van der Waals surface area (Å²) in [6.07, 6.45) is 1.88. The van der Waals surface area contributed by atoms with Gasteiger partial charge in [-0.15, -0.1) is 0 Å². The molecule has 0 amide bonds. The Morgan fingerprint density at radius 2 is 0.960 bits per heavy atom. The van der Waals surface area contributed by atoms with Gasteiger partial charge in [-0.3, -0.25) is 9.55 Å². The SMILES string of the molecule is c1ccc(-c2cc(-c3ccccc3)nc(-n3c4ccccc4c4ccc(-c5ccc6c7ncccc7n(-c7ccccc7)c6c5)cc43)c2)cc1. The highest BCUT2D eigenvalue weighted by Gasteiger charge is 2.18. The summed E-state index contributed by atoms with van der Waals surface area (Å²) in [5.74, 6) is 0.888. The number of aromatic nitrogens is 4. The fourth-order valence-electron chi connectivity index (χ4n) is 7.45. The number of hydrogen-bond acceptors (Lipinski definition) is 2. The molecule has 0 saturated carbocycles. The summed E-state index contributed by atoms with van der Waals surface area (Å²) < 4.78 is 4.65. The van der Waals surface area contributed by atoms with Crippen LogP contribution in [0, 0.1) is 0 Å². The van der Waals surface area contributed by atoms with Crippen molar-refractivity contribution in [3.05, 3.63) is 182 Å². The van der Waals surface area contributed by atoms with Gasteiger partial charge in [-0.05, 0) is 82.9 Å². The van der Waals surface area contributed by atoms with Crippen molar-refractivity contribution >= 4 is 43.7 Å². The zero-order valence-electron chi connectivity index (χ0n) is 27.1. The van der Waals surface area contributed by atoms with Gasteiger partial charge in [-0.2, -0.15) is 0 Å². The van der Waals surface area contributed by atoms with Crippen molar-refractivity contribution in [1.82, 2.24) is 19.1 Å². The summed E-state index contributed by atoms with van der Waals surface area (Å²) in [7, 11) is 0. The van der Waals surface area contributed by atoms with Crippen LogP contribution in [0.25, 0.3) is 88.8 Å². The lowest BCUT2D eigenvalue weighted by Crippen LogP contribution is -2.00. The van der Waals surface area contributed by atoms with E-state index in [-0.39, 0.29) is 0 Å². The molecule has 6 aromatic carbocycles. The molecule has 0 radical (unpaired) electrons. The summed E-state index contributed by atoms with van der Waals surface area (Å²) in [6, 6.07) is 62.4. The maximum atomic E-state index is 5.34. The van der Waals surface area contributed by atoms with Gasteiger partial charge in [0, 0.05) is 33.6 Å². The van der Waals surface area contributed by atoms with Crippen LogP contribution >= 0.6 is 0 Å². The van der Waals surface area contributed by atoms with Crippen LogP contribution in [0.2, 0.25) is 0 Å². The standard InChI is InChI=1S/C46H30N4/c1-4-13-31(14-5-1)35-27-40(32-15-6-2-7-16-32)48-45(30-35)50-41-20-11-10-19-37(41)38-24-22-33(28-43(38)50)34-23-25-39-44(29-34)49(36-17-8-3-9-18-36)42-21-12-26-47-46(39)42/h1-30H. The molecule has 0 saturated heterocycles. The minimum absolute atomic E-state index is 0.888. The lowest BCUT2D eigenvalue weighted by Gasteiger charge is -2.13. The van der Waals surface area contributed by atoms with Gasteiger partial charge in [0.15, 0.2) is 0 Å². The molecule has 0 bridgehead atoms. The first-order valence-electron chi connectivity index (χ1n) is 16.9. The summed E-state index contributed by atoms with van der Waals surface area (Å²) >= 11 is 0. The minimum Gasteiger partial charge on any atom is -0.308 e. The van der Waals surface area contributed by atoms with Crippen LogP contribution in [0.5, 0.6) is 0 Å². The van der Waals surface area contributed by atoms with Crippen LogP contribution < -0.4 is 0 Å². The molecule has 4 heterocycles. The molecule has 0 aliphatic carbocycles. The summed E-state index contributed by atoms with van der Waals surface area (Å²) in [5, 5.41) is 3.54. The smallest absolute Gasteiger partial charge is 0.138 e. The predicted molar refractivity (Wildman–Crippen MR) is 207 cm³/mol. The monoisotopic (exact) mass is 638 g/mol. The molecule has 10 rings (SSSR count). The van der Waals surface area contributed by atoms with Crippen molar-refractivity contribution in [2.75, 3.05) is 0 Å². The Morgan fingerprint density at radius 3 is 1.72 bits per heavy atom. The van der Waals surface area contributed by atoms with Crippen LogP contribution in [0.3, 0.4) is 0 Å². The largest absolute Gasteiger partial charge is 0.308 e. The zero-order chi connectivity index (χ0) is 33.0. The molecule has 0 unspecified atom stereocenters. The Bertz CT molecular complexity index is 2790. The number of hydrogen-bond donors (Lipinski definition) is 0. The molecule has 0 aliphatic heterocycles. The lowest BCUT2D eigenvalue weighted by atomic mass is 10.0. The van der Waals surface area contributed by atoms with E-state index in [1.165, 1.54) is 10.8 Å². The number of benzene rings is 6. The van der Waals surface area contributed by atoms with Gasteiger partial charge in [0.25, 0.3) is 0 Å². The highest BCUT2D eigenvalue weighted by atomic mass is 15.1. The first kappa shape index (κ1) is 28.3. The predicted octanol–water partition coefficient (Wildman–Crippen LogP) is 11.7. The van der Waals surface area contributed by atoms with E-state index in [1.54, 1.807) is 0 Å². The van der Waals surface area contributed by atoms with Crippen LogP contribution in [0.4, 0.5) is 0 Å². The molecule has 234 valence electrons. The molecule has 0 N–H and O–H groups in total. The minimum atomic E-state index is 0.888. The lowest BCUT2D eigenvalue weighted by molar-refractivity contribution is 1.08. The van der Waals surface area contributed by atoms with Gasteiger partial charge in [-0.25, -0.2) is 4.98 Å². The quantitative estimate of drug-likeness (QED) is 0.188. The Morgan fingerprint density at radius 1 is 0.360 bits per heavy atom. The average Bonchev–Trinajstić information content (AvgIpc) is 3.71. The molecule has 4 nitrogen and oxygen atoms in total. The second-order valence-corrected chi connectivity index (χ2v) is 12.7. The van der Waals surface area contributed by atoms with E-state index in [0.29, 0.717) is 0 Å². The van der Waals surface area contributed by atoms with Gasteiger partial charge >= 0.3 is 0 Å².